The number of benzene rings is 1. The van der Waals surface area contributed by atoms with Gasteiger partial charge in [0.25, 0.3) is 0 Å². The molecule has 0 unspecified atom stereocenters. The van der Waals surface area contributed by atoms with Gasteiger partial charge in [-0.05, 0) is 93.2 Å². The molecule has 1 aromatic rings. The summed E-state index contributed by atoms with van der Waals surface area (Å²) >= 11 is 0. The summed E-state index contributed by atoms with van der Waals surface area (Å²) in [6, 6.07) is 9.73. The fraction of sp³-hybridized carbons (Fsp3) is 0.611. The van der Waals surface area contributed by atoms with Crippen LogP contribution in [-0.2, 0) is 29.5 Å². The van der Waals surface area contributed by atoms with Gasteiger partial charge >= 0.3 is 11.9 Å². The molecule has 1 aromatic carbocycles. The topological polar surface area (TPSA) is 212 Å². The highest BCUT2D eigenvalue weighted by molar-refractivity contribution is 5.77. The van der Waals surface area contributed by atoms with Crippen LogP contribution in [-0.4, -0.2) is 70.6 Å². The summed E-state index contributed by atoms with van der Waals surface area (Å²) in [5.41, 5.74) is -3.75. The van der Waals surface area contributed by atoms with Crippen LogP contribution in [0, 0.1) is 57.2 Å². The van der Waals surface area contributed by atoms with E-state index in [-0.39, 0.29) is 59.5 Å². The van der Waals surface area contributed by atoms with Crippen molar-refractivity contribution in [2.24, 2.45) is 11.8 Å². The maximum Gasteiger partial charge on any atom is 0.309 e. The Labute approximate surface area is 292 Å². The van der Waals surface area contributed by atoms with Gasteiger partial charge in [0.15, 0.2) is 0 Å². The van der Waals surface area contributed by atoms with Gasteiger partial charge in [0.1, 0.15) is 73.3 Å². The number of rotatable bonds is 10. The van der Waals surface area contributed by atoms with E-state index in [0.29, 0.717) is 25.7 Å². The Bertz CT molecular complexity index is 1580. The van der Waals surface area contributed by atoms with Gasteiger partial charge in [-0.15, -0.1) is 20.5 Å². The number of carbonyl (C=O) groups is 2. The van der Waals surface area contributed by atoms with Crippen LogP contribution in [0.2, 0.25) is 0 Å². The van der Waals surface area contributed by atoms with E-state index in [1.54, 1.807) is 79.7 Å². The summed E-state index contributed by atoms with van der Waals surface area (Å²) in [5, 5.41) is 66.0. The average molecular weight is 689 g/mol. The Balaban J connectivity index is 1.77. The third kappa shape index (κ3) is 8.90. The predicted molar refractivity (Wildman–Crippen MR) is 175 cm³/mol. The van der Waals surface area contributed by atoms with Crippen molar-refractivity contribution in [3.63, 3.8) is 0 Å². The van der Waals surface area contributed by atoms with E-state index in [2.05, 4.69) is 0 Å². The van der Waals surface area contributed by atoms with Crippen molar-refractivity contribution in [3.05, 3.63) is 22.6 Å². The molecular weight excluding hydrogens is 644 g/mol. The molecule has 0 atom stereocenters. The maximum atomic E-state index is 12.9. The van der Waals surface area contributed by atoms with Crippen LogP contribution < -0.4 is 19.9 Å². The van der Waals surface area contributed by atoms with Crippen molar-refractivity contribution in [2.45, 2.75) is 103 Å². The first kappa shape index (κ1) is 39.7. The molecule has 0 amide bonds. The number of carbonyl (C=O) groups excluding carboxylic acids is 2. The zero-order valence-electron chi connectivity index (χ0n) is 29.9. The number of hydrogen-bond donors (Lipinski definition) is 0. The summed E-state index contributed by atoms with van der Waals surface area (Å²) in [6.45, 7) is 13.4. The molecule has 266 valence electrons. The van der Waals surface area contributed by atoms with Crippen molar-refractivity contribution >= 4 is 23.1 Å². The summed E-state index contributed by atoms with van der Waals surface area (Å²) in [4.78, 5) is 25.9. The second kappa shape index (κ2) is 15.5. The molecule has 50 heavy (non-hydrogen) atoms. The third-order valence-corrected chi connectivity index (χ3v) is 9.09. The molecular formula is C36H44N6O8. The first-order chi connectivity index (χ1) is 23.2. The monoisotopic (exact) mass is 688 g/mol. The molecule has 0 aliphatic carbocycles. The molecule has 2 saturated heterocycles. The molecule has 2 heterocycles. The number of nitriles is 4. The molecule has 0 N–H and O–H groups in total. The lowest BCUT2D eigenvalue weighted by atomic mass is 9.75. The third-order valence-electron chi connectivity index (χ3n) is 9.09. The van der Waals surface area contributed by atoms with E-state index in [4.69, 9.17) is 18.9 Å². The van der Waals surface area contributed by atoms with Crippen LogP contribution in [0.4, 0.5) is 0 Å². The fourth-order valence-electron chi connectivity index (χ4n) is 7.16. The van der Waals surface area contributed by atoms with E-state index in [1.807, 2.05) is 0 Å². The lowest BCUT2D eigenvalue weighted by Crippen LogP contribution is -2.59. The second-order valence-electron chi connectivity index (χ2n) is 15.1. The van der Waals surface area contributed by atoms with Crippen LogP contribution in [0.25, 0.3) is 11.1 Å². The number of esters is 2. The normalized spacial score (nSPS) is 19.8. The van der Waals surface area contributed by atoms with Gasteiger partial charge in [-0.25, -0.2) is 0 Å². The molecule has 0 saturated carbocycles. The summed E-state index contributed by atoms with van der Waals surface area (Å²) in [5.74, 6) is -2.05. The molecule has 2 aliphatic heterocycles. The Morgan fingerprint density at radius 3 is 1.14 bits per heavy atom. The number of ether oxygens (including phenoxy) is 4. The van der Waals surface area contributed by atoms with E-state index >= 15 is 0 Å². The van der Waals surface area contributed by atoms with E-state index in [9.17, 15) is 41.1 Å². The van der Waals surface area contributed by atoms with Crippen LogP contribution >= 0.6 is 0 Å². The minimum Gasteiger partial charge on any atom is -0.489 e. The summed E-state index contributed by atoms with van der Waals surface area (Å²) in [6.07, 6.45) is 1.26. The smallest absolute Gasteiger partial charge is 0.309 e. The highest BCUT2D eigenvalue weighted by Gasteiger charge is 2.49. The minimum atomic E-state index is -0.764. The first-order valence-electron chi connectivity index (χ1n) is 16.3. The van der Waals surface area contributed by atoms with E-state index < -0.39 is 45.9 Å². The van der Waals surface area contributed by atoms with Crippen LogP contribution in [0.5, 0.6) is 11.5 Å². The largest absolute Gasteiger partial charge is 0.489 e. The van der Waals surface area contributed by atoms with Crippen LogP contribution in [0.1, 0.15) is 81.1 Å². The Kier molecular flexibility index (Phi) is 12.3. The van der Waals surface area contributed by atoms with Gasteiger partial charge in [0.05, 0.1) is 11.8 Å². The van der Waals surface area contributed by atoms with Crippen molar-refractivity contribution in [2.75, 3.05) is 26.4 Å². The lowest BCUT2D eigenvalue weighted by Gasteiger charge is -2.49. The number of hydroxylamine groups is 4. The van der Waals surface area contributed by atoms with Crippen molar-refractivity contribution in [3.8, 4) is 35.8 Å². The molecule has 14 heteroatoms. The van der Waals surface area contributed by atoms with E-state index in [0.717, 1.165) is 10.1 Å². The number of hydrogen-bond acceptors (Lipinski definition) is 12. The van der Waals surface area contributed by atoms with Crippen molar-refractivity contribution in [1.29, 1.82) is 21.0 Å². The standard InChI is InChI=1S/C36H44N6O8/c1-33(2)15-23(16-34(3,4)41(33)45)31(43)49-11-9-47-29-13-28(26(21-39)22-40)30(14-27(29)25(19-37)20-38)48-10-12-50-32(44)24-17-35(5,6)42(46)36(7,8)18-24/h13-14,23-24H,9-12,15-18H2,1-8H3. The van der Waals surface area contributed by atoms with Crippen molar-refractivity contribution < 1.29 is 39.0 Å². The second-order valence-corrected chi connectivity index (χ2v) is 15.1. The fourth-order valence-corrected chi connectivity index (χ4v) is 7.16. The molecule has 0 spiro atoms. The van der Waals surface area contributed by atoms with Gasteiger partial charge in [0.2, 0.25) is 0 Å². The molecule has 2 radical (unpaired) electrons. The quantitative estimate of drug-likeness (QED) is 0.256. The molecule has 0 bridgehead atoms. The predicted octanol–water partition coefficient (Wildman–Crippen LogP) is 3.16. The van der Waals surface area contributed by atoms with Crippen LogP contribution in [0.3, 0.4) is 0 Å². The average Bonchev–Trinajstić information content (AvgIpc) is 3.04. The summed E-state index contributed by atoms with van der Waals surface area (Å²) < 4.78 is 22.6. The molecule has 2 fully saturated rings. The number of nitrogens with zero attached hydrogens (tertiary/aromatic N) is 6. The maximum absolute atomic E-state index is 12.9. The van der Waals surface area contributed by atoms with Gasteiger partial charge in [0, 0.05) is 32.6 Å². The van der Waals surface area contributed by atoms with Gasteiger partial charge in [-0.1, -0.05) is 0 Å². The molecule has 3 rings (SSSR count). The van der Waals surface area contributed by atoms with Gasteiger partial charge in [-0.3, -0.25) is 9.59 Å². The lowest BCUT2D eigenvalue weighted by molar-refractivity contribution is -0.293. The molecule has 2 aliphatic rings. The summed E-state index contributed by atoms with van der Waals surface area (Å²) in [7, 11) is 0. The number of piperidine rings is 2. The van der Waals surface area contributed by atoms with Crippen molar-refractivity contribution in [1.82, 2.24) is 10.1 Å². The molecule has 0 aromatic heterocycles. The van der Waals surface area contributed by atoms with Gasteiger partial charge in [-0.2, -0.15) is 21.0 Å². The Morgan fingerprint density at radius 1 is 0.600 bits per heavy atom. The first-order valence-corrected chi connectivity index (χ1v) is 16.3. The van der Waals surface area contributed by atoms with Crippen LogP contribution in [0.15, 0.2) is 12.1 Å². The zero-order valence-corrected chi connectivity index (χ0v) is 29.9. The Morgan fingerprint density at radius 2 is 0.880 bits per heavy atom. The van der Waals surface area contributed by atoms with Gasteiger partial charge < -0.3 is 18.9 Å². The highest BCUT2D eigenvalue weighted by atomic mass is 16.6. The minimum absolute atomic E-state index is 0.00690. The zero-order chi connectivity index (χ0) is 37.7. The highest BCUT2D eigenvalue weighted by Crippen LogP contribution is 2.41. The Hall–Kier alpha value is -4.70. The molecule has 14 nitrogen and oxygen atoms in total. The van der Waals surface area contributed by atoms with E-state index in [1.165, 1.54) is 12.1 Å². The SMILES string of the molecule is CC1(C)CC(C(=O)OCCOc2cc(=C(C#N)C#N)c(OCCOC(=O)C3CC(C)(C)N([O])C(C)(C)C3)cc2=C(C#N)C#N)CC(C)(C)N1[O].